The number of rotatable bonds is 1. The van der Waals surface area contributed by atoms with Gasteiger partial charge >= 0.3 is 5.97 Å². The van der Waals surface area contributed by atoms with Crippen LogP contribution in [0.2, 0.25) is 0 Å². The summed E-state index contributed by atoms with van der Waals surface area (Å²) in [7, 11) is 1.43. The van der Waals surface area contributed by atoms with Gasteiger partial charge in [0, 0.05) is 6.04 Å². The molecule has 0 aromatic carbocycles. The monoisotopic (exact) mass is 215 g/mol. The van der Waals surface area contributed by atoms with E-state index in [4.69, 9.17) is 9.47 Å². The van der Waals surface area contributed by atoms with Gasteiger partial charge in [0.15, 0.2) is 0 Å². The van der Waals surface area contributed by atoms with Crippen molar-refractivity contribution in [1.29, 1.82) is 0 Å². The largest absolute Gasteiger partial charge is 0.468 e. The maximum atomic E-state index is 11.4. The molecular weight excluding hydrogens is 194 g/mol. The predicted octanol–water partition coefficient (Wildman–Crippen LogP) is 1.05. The Balaban J connectivity index is 0.000000531. The number of esters is 1. The molecule has 2 atom stereocenters. The lowest BCUT2D eigenvalue weighted by Gasteiger charge is -2.35. The van der Waals surface area contributed by atoms with Crippen molar-refractivity contribution in [2.24, 2.45) is 0 Å². The topological polar surface area (TPSA) is 38.8 Å². The average Bonchev–Trinajstić information content (AvgIpc) is 2.78. The van der Waals surface area contributed by atoms with Crippen LogP contribution in [-0.4, -0.2) is 49.8 Å². The van der Waals surface area contributed by atoms with Crippen LogP contribution in [0, 0.1) is 0 Å². The summed E-state index contributed by atoms with van der Waals surface area (Å²) >= 11 is 0. The Morgan fingerprint density at radius 3 is 2.80 bits per heavy atom. The number of hydrogen-bond donors (Lipinski definition) is 0. The van der Waals surface area contributed by atoms with E-state index < -0.39 is 0 Å². The van der Waals surface area contributed by atoms with Crippen molar-refractivity contribution in [2.45, 2.75) is 38.8 Å². The van der Waals surface area contributed by atoms with Gasteiger partial charge in [0.1, 0.15) is 6.04 Å². The van der Waals surface area contributed by atoms with Gasteiger partial charge in [0.25, 0.3) is 0 Å². The lowest BCUT2D eigenvalue weighted by Crippen LogP contribution is -2.52. The summed E-state index contributed by atoms with van der Waals surface area (Å²) in [6.45, 7) is 6.27. The highest BCUT2D eigenvalue weighted by molar-refractivity contribution is 5.76. The van der Waals surface area contributed by atoms with Crippen LogP contribution in [0.5, 0.6) is 0 Å². The molecule has 2 rings (SSSR count). The highest BCUT2D eigenvalue weighted by atomic mass is 16.5. The van der Waals surface area contributed by atoms with Crippen LogP contribution in [-0.2, 0) is 14.3 Å². The average molecular weight is 215 g/mol. The second kappa shape index (κ2) is 6.08. The molecule has 0 spiro atoms. The van der Waals surface area contributed by atoms with Gasteiger partial charge in [0.05, 0.1) is 20.3 Å². The number of morpholine rings is 1. The highest BCUT2D eigenvalue weighted by Crippen LogP contribution is 2.24. The van der Waals surface area contributed by atoms with Crippen LogP contribution >= 0.6 is 0 Å². The number of nitrogens with zero attached hydrogens (tertiary/aromatic N) is 1. The van der Waals surface area contributed by atoms with Crippen molar-refractivity contribution in [3.05, 3.63) is 0 Å². The maximum Gasteiger partial charge on any atom is 0.325 e. The fourth-order valence-corrected chi connectivity index (χ4v) is 2.20. The lowest BCUT2D eigenvalue weighted by atomic mass is 10.1. The molecule has 0 aromatic rings. The summed E-state index contributed by atoms with van der Waals surface area (Å²) in [5, 5.41) is 0. The van der Waals surface area contributed by atoms with E-state index >= 15 is 0 Å². The number of carbonyl (C=O) groups excluding carboxylic acids is 1. The van der Waals surface area contributed by atoms with Crippen LogP contribution < -0.4 is 0 Å². The van der Waals surface area contributed by atoms with Gasteiger partial charge in [-0.3, -0.25) is 9.69 Å². The van der Waals surface area contributed by atoms with Gasteiger partial charge in [0.2, 0.25) is 0 Å². The molecule has 2 aliphatic rings. The summed E-state index contributed by atoms with van der Waals surface area (Å²) in [5.41, 5.74) is 0. The van der Waals surface area contributed by atoms with Crippen molar-refractivity contribution < 1.29 is 14.3 Å². The van der Waals surface area contributed by atoms with Crippen molar-refractivity contribution in [1.82, 2.24) is 4.90 Å². The summed E-state index contributed by atoms with van der Waals surface area (Å²) < 4.78 is 10.1. The van der Waals surface area contributed by atoms with E-state index in [0.29, 0.717) is 12.6 Å². The van der Waals surface area contributed by atoms with Gasteiger partial charge in [-0.25, -0.2) is 0 Å². The third-order valence-corrected chi connectivity index (χ3v) is 2.88. The first-order chi connectivity index (χ1) is 7.33. The van der Waals surface area contributed by atoms with E-state index in [0.717, 1.165) is 19.6 Å². The van der Waals surface area contributed by atoms with Gasteiger partial charge in [-0.15, -0.1) is 0 Å². The minimum atomic E-state index is -0.161. The van der Waals surface area contributed by atoms with Crippen LogP contribution in [0.4, 0.5) is 0 Å². The lowest BCUT2D eigenvalue weighted by molar-refractivity contribution is -0.154. The predicted molar refractivity (Wildman–Crippen MR) is 57.7 cm³/mol. The molecular formula is C11H21NO3. The molecule has 0 N–H and O–H groups in total. The molecule has 4 heteroatoms. The molecule has 15 heavy (non-hydrogen) atoms. The van der Waals surface area contributed by atoms with E-state index in [9.17, 15) is 4.79 Å². The zero-order valence-corrected chi connectivity index (χ0v) is 9.86. The smallest absolute Gasteiger partial charge is 0.325 e. The van der Waals surface area contributed by atoms with E-state index in [1.165, 1.54) is 13.5 Å². The Labute approximate surface area is 91.5 Å². The molecule has 2 fully saturated rings. The number of fused-ring (bicyclic) bond motifs is 1. The number of ether oxygens (including phenoxy) is 2. The Morgan fingerprint density at radius 1 is 1.40 bits per heavy atom. The van der Waals surface area contributed by atoms with Gasteiger partial charge in [-0.1, -0.05) is 13.8 Å². The van der Waals surface area contributed by atoms with E-state index in [1.54, 1.807) is 0 Å². The molecule has 2 aliphatic heterocycles. The minimum Gasteiger partial charge on any atom is -0.468 e. The Morgan fingerprint density at radius 2 is 2.13 bits per heavy atom. The Bertz CT molecular complexity index is 208. The zero-order valence-electron chi connectivity index (χ0n) is 9.86. The van der Waals surface area contributed by atoms with Crippen LogP contribution in [0.25, 0.3) is 0 Å². The van der Waals surface area contributed by atoms with Crippen LogP contribution in [0.1, 0.15) is 26.7 Å². The van der Waals surface area contributed by atoms with E-state index in [1.807, 2.05) is 13.8 Å². The zero-order chi connectivity index (χ0) is 11.3. The minimum absolute atomic E-state index is 0.161. The molecule has 88 valence electrons. The molecule has 0 amide bonds. The van der Waals surface area contributed by atoms with E-state index in [-0.39, 0.29) is 12.0 Å². The molecule has 2 saturated heterocycles. The van der Waals surface area contributed by atoms with Gasteiger partial charge in [-0.2, -0.15) is 0 Å². The molecule has 0 radical (unpaired) electrons. The van der Waals surface area contributed by atoms with Gasteiger partial charge in [-0.05, 0) is 19.4 Å². The van der Waals surface area contributed by atoms with Crippen molar-refractivity contribution in [3.8, 4) is 0 Å². The second-order valence-electron chi connectivity index (χ2n) is 3.61. The summed E-state index contributed by atoms with van der Waals surface area (Å²) in [5.74, 6) is -0.161. The fraction of sp³-hybridized carbons (Fsp3) is 0.909. The molecule has 2 heterocycles. The van der Waals surface area contributed by atoms with Crippen LogP contribution in [0.15, 0.2) is 0 Å². The number of hydrogen-bond acceptors (Lipinski definition) is 4. The van der Waals surface area contributed by atoms with Crippen molar-refractivity contribution in [3.63, 3.8) is 0 Å². The first kappa shape index (κ1) is 12.5. The normalized spacial score (nSPS) is 30.1. The van der Waals surface area contributed by atoms with Crippen molar-refractivity contribution >= 4 is 5.97 Å². The first-order valence-corrected chi connectivity index (χ1v) is 5.74. The number of methoxy groups -OCH3 is 1. The van der Waals surface area contributed by atoms with Gasteiger partial charge < -0.3 is 9.47 Å². The maximum absolute atomic E-state index is 11.4. The van der Waals surface area contributed by atoms with Crippen LogP contribution in [0.3, 0.4) is 0 Å². The second-order valence-corrected chi connectivity index (χ2v) is 3.61. The first-order valence-electron chi connectivity index (χ1n) is 5.74. The fourth-order valence-electron chi connectivity index (χ4n) is 2.20. The molecule has 0 saturated carbocycles. The summed E-state index contributed by atoms with van der Waals surface area (Å²) in [6.07, 6.45) is 2.31. The number of carbonyl (C=O) groups is 1. The van der Waals surface area contributed by atoms with Crippen molar-refractivity contribution in [2.75, 3.05) is 26.9 Å². The molecule has 4 nitrogen and oxygen atoms in total. The molecule has 0 aromatic heterocycles. The molecule has 2 unspecified atom stereocenters. The third-order valence-electron chi connectivity index (χ3n) is 2.88. The standard InChI is InChI=1S/C9H15NO3.C2H6/c1-12-9(11)8-6-13-5-7-3-2-4-10(7)8;1-2/h7-8H,2-6H2,1H3;1-2H3. The highest BCUT2D eigenvalue weighted by Gasteiger charge is 2.38. The Hall–Kier alpha value is -0.610. The van der Waals surface area contributed by atoms with E-state index in [2.05, 4.69) is 4.90 Å². The Kier molecular flexibility index (Phi) is 5.05. The quantitative estimate of drug-likeness (QED) is 0.613. The molecule has 0 bridgehead atoms. The molecule has 0 aliphatic carbocycles. The SMILES string of the molecule is CC.COC(=O)C1COCC2CCCN21. The summed E-state index contributed by atoms with van der Waals surface area (Å²) in [4.78, 5) is 13.6. The third kappa shape index (κ3) is 2.69. The summed E-state index contributed by atoms with van der Waals surface area (Å²) in [6, 6.07) is 0.282.